The molecule has 5 rings (SSSR count). The molecule has 0 radical (unpaired) electrons. The molecule has 0 N–H and O–H groups in total. The summed E-state index contributed by atoms with van der Waals surface area (Å²) in [5.41, 5.74) is -3.96. The fourth-order valence-corrected chi connectivity index (χ4v) is 8.12. The number of amides is 2. The summed E-state index contributed by atoms with van der Waals surface area (Å²) in [7, 11) is 0. The normalized spacial score (nSPS) is 20.2. The number of rotatable bonds is 12. The first-order valence-electron chi connectivity index (χ1n) is 17.7. The molecule has 2 fully saturated rings. The van der Waals surface area contributed by atoms with Gasteiger partial charge in [0.2, 0.25) is 5.60 Å². The Bertz CT molecular complexity index is 1860. The Labute approximate surface area is 313 Å². The van der Waals surface area contributed by atoms with Gasteiger partial charge in [0.1, 0.15) is 22.2 Å². The minimum absolute atomic E-state index is 0.00956. The number of pyridine rings is 1. The standard InChI is InChI=1S/C39H41F6N3O5S/c1-4-10-32-37(53-27-23-33(54-25-27)39(43,44)45,15-9-19-48(32)34(50)28-24-46-18-14-29(28)38(40,41)42)35(51)47-20-16-36(5-2,17-21-47)30-12-6-7-13-31(30)52-22-8-11-26(3)49/h2,6-7,12-14,18,23-25,32H,4,8-11,15-17,19-22H2,1,3H3/t32-,37+/m1/s1. The number of benzene rings is 1. The van der Waals surface area contributed by atoms with Crippen LogP contribution in [0.3, 0.4) is 0 Å². The van der Waals surface area contributed by atoms with E-state index in [0.29, 0.717) is 42.4 Å². The van der Waals surface area contributed by atoms with Gasteiger partial charge in [0.15, 0.2) is 0 Å². The highest BCUT2D eigenvalue weighted by Crippen LogP contribution is 2.45. The number of ether oxygens (including phenoxy) is 2. The number of carbonyl (C=O) groups is 3. The molecular formula is C39H41F6N3O5S. The van der Waals surface area contributed by atoms with Crippen LogP contribution in [0, 0.1) is 12.3 Å². The second kappa shape index (κ2) is 16.4. The fraction of sp³-hybridized carbons (Fsp3) is 0.487. The van der Waals surface area contributed by atoms with E-state index in [1.807, 2.05) is 12.1 Å². The molecule has 54 heavy (non-hydrogen) atoms. The maximum absolute atomic E-state index is 15.0. The van der Waals surface area contributed by atoms with E-state index in [-0.39, 0.29) is 69.9 Å². The summed E-state index contributed by atoms with van der Waals surface area (Å²) >= 11 is 0.385. The Morgan fingerprint density at radius 1 is 1.04 bits per heavy atom. The van der Waals surface area contributed by atoms with Gasteiger partial charge < -0.3 is 24.1 Å². The summed E-state index contributed by atoms with van der Waals surface area (Å²) in [6.07, 6.45) is 0.380. The van der Waals surface area contributed by atoms with E-state index in [1.54, 1.807) is 19.1 Å². The average molecular weight is 778 g/mol. The predicted molar refractivity (Wildman–Crippen MR) is 189 cm³/mol. The number of hydrogen-bond acceptors (Lipinski definition) is 7. The zero-order chi connectivity index (χ0) is 39.3. The Morgan fingerprint density at radius 3 is 2.39 bits per heavy atom. The second-order valence-corrected chi connectivity index (χ2v) is 14.5. The average Bonchev–Trinajstić information content (AvgIpc) is 3.63. The molecule has 2 aromatic heterocycles. The second-order valence-electron chi connectivity index (χ2n) is 13.6. The van der Waals surface area contributed by atoms with Gasteiger partial charge in [0.05, 0.1) is 29.2 Å². The van der Waals surface area contributed by atoms with Gasteiger partial charge >= 0.3 is 12.4 Å². The number of aromatic nitrogens is 1. The molecular weight excluding hydrogens is 736 g/mol. The lowest BCUT2D eigenvalue weighted by Gasteiger charge is -2.51. The van der Waals surface area contributed by atoms with Gasteiger partial charge in [-0.15, -0.1) is 17.8 Å². The van der Waals surface area contributed by atoms with Gasteiger partial charge in [-0.3, -0.25) is 14.6 Å². The molecule has 0 bridgehead atoms. The number of carbonyl (C=O) groups excluding carboxylic acids is 3. The summed E-state index contributed by atoms with van der Waals surface area (Å²) in [6.45, 7) is 3.76. The number of terminal acetylenes is 1. The molecule has 2 saturated heterocycles. The molecule has 15 heteroatoms. The summed E-state index contributed by atoms with van der Waals surface area (Å²) in [5.74, 6) is 1.66. The molecule has 8 nitrogen and oxygen atoms in total. The van der Waals surface area contributed by atoms with E-state index in [9.17, 15) is 40.7 Å². The third-order valence-electron chi connectivity index (χ3n) is 10.1. The SMILES string of the molecule is C#CC1(c2ccccc2OCCCC(C)=O)CCN(C(=O)[C@]2(Oc3csc(C(F)(F)F)c3)CCCN(C(=O)c3cnccc3C(F)(F)F)[C@@H]2CCC)CC1. The Kier molecular flexibility index (Phi) is 12.3. The number of hydrogen-bond donors (Lipinski definition) is 0. The number of nitrogens with zero attached hydrogens (tertiary/aromatic N) is 3. The molecule has 2 atom stereocenters. The van der Waals surface area contributed by atoms with Crippen LogP contribution in [0.15, 0.2) is 54.2 Å². The quantitative estimate of drug-likeness (QED) is 0.104. The number of piperidine rings is 2. The van der Waals surface area contributed by atoms with Gasteiger partial charge in [0.25, 0.3) is 11.8 Å². The van der Waals surface area contributed by atoms with Gasteiger partial charge in [-0.2, -0.15) is 26.3 Å². The minimum atomic E-state index is -4.88. The van der Waals surface area contributed by atoms with Crippen molar-refractivity contribution in [3.8, 4) is 23.8 Å². The number of alkyl halides is 6. The van der Waals surface area contributed by atoms with Crippen molar-refractivity contribution >= 4 is 28.9 Å². The monoisotopic (exact) mass is 777 g/mol. The van der Waals surface area contributed by atoms with Gasteiger partial charge in [-0.1, -0.05) is 37.5 Å². The third-order valence-corrected chi connectivity index (χ3v) is 11.0. The first kappa shape index (κ1) is 40.6. The molecule has 3 aromatic rings. The molecule has 1 aromatic carbocycles. The highest BCUT2D eigenvalue weighted by Gasteiger charge is 2.56. The lowest BCUT2D eigenvalue weighted by atomic mass is 9.72. The van der Waals surface area contributed by atoms with Gasteiger partial charge in [0, 0.05) is 61.9 Å². The maximum Gasteiger partial charge on any atom is 0.425 e. The van der Waals surface area contributed by atoms with Crippen molar-refractivity contribution in [2.45, 2.75) is 94.6 Å². The van der Waals surface area contributed by atoms with E-state index in [1.165, 1.54) is 16.7 Å². The smallest absolute Gasteiger partial charge is 0.425 e. The van der Waals surface area contributed by atoms with Crippen LogP contribution in [0.5, 0.6) is 11.5 Å². The van der Waals surface area contributed by atoms with Crippen molar-refractivity contribution in [2.75, 3.05) is 26.2 Å². The van der Waals surface area contributed by atoms with Crippen molar-refractivity contribution in [1.82, 2.24) is 14.8 Å². The highest BCUT2D eigenvalue weighted by molar-refractivity contribution is 7.10. The molecule has 2 amide bonds. The van der Waals surface area contributed by atoms with Crippen LogP contribution in [-0.4, -0.2) is 70.3 Å². The van der Waals surface area contributed by atoms with Gasteiger partial charge in [-0.05, 0) is 51.2 Å². The van der Waals surface area contributed by atoms with Crippen LogP contribution >= 0.6 is 11.3 Å². The summed E-state index contributed by atoms with van der Waals surface area (Å²) in [6, 6.07) is 7.61. The fourth-order valence-electron chi connectivity index (χ4n) is 7.44. The van der Waals surface area contributed by atoms with E-state index in [0.717, 1.165) is 29.4 Å². The lowest BCUT2D eigenvalue weighted by molar-refractivity contribution is -0.160. The Morgan fingerprint density at radius 2 is 1.76 bits per heavy atom. The molecule has 0 spiro atoms. The Hall–Kier alpha value is -4.58. The molecule has 2 aliphatic rings. The lowest BCUT2D eigenvalue weighted by Crippen LogP contribution is -2.68. The predicted octanol–water partition coefficient (Wildman–Crippen LogP) is 8.34. The first-order chi connectivity index (χ1) is 25.6. The van der Waals surface area contributed by atoms with Crippen LogP contribution in [0.2, 0.25) is 0 Å². The van der Waals surface area contributed by atoms with Crippen LogP contribution in [0.1, 0.15) is 91.6 Å². The number of thiophene rings is 1. The van der Waals surface area contributed by atoms with E-state index in [2.05, 4.69) is 10.9 Å². The molecule has 0 unspecified atom stereocenters. The maximum atomic E-state index is 15.0. The molecule has 0 saturated carbocycles. The highest BCUT2D eigenvalue weighted by atomic mass is 32.1. The molecule has 290 valence electrons. The van der Waals surface area contributed by atoms with Crippen LogP contribution in [0.25, 0.3) is 0 Å². The zero-order valence-electron chi connectivity index (χ0n) is 29.9. The van der Waals surface area contributed by atoms with Crippen molar-refractivity contribution in [3.05, 3.63) is 75.7 Å². The molecule has 2 aliphatic heterocycles. The van der Waals surface area contributed by atoms with E-state index >= 15 is 0 Å². The van der Waals surface area contributed by atoms with Crippen LogP contribution < -0.4 is 9.47 Å². The van der Waals surface area contributed by atoms with Crippen LogP contribution in [-0.2, 0) is 27.4 Å². The topological polar surface area (TPSA) is 89.0 Å². The van der Waals surface area contributed by atoms with Crippen LogP contribution in [0.4, 0.5) is 26.3 Å². The summed E-state index contributed by atoms with van der Waals surface area (Å²) < 4.78 is 95.7. The number of ketones is 1. The first-order valence-corrected chi connectivity index (χ1v) is 18.6. The number of Topliss-reactive ketones (excluding diaryl/α,β-unsaturated/α-hetero) is 1. The van der Waals surface area contributed by atoms with Crippen molar-refractivity contribution in [3.63, 3.8) is 0 Å². The molecule has 4 heterocycles. The number of likely N-dealkylation sites (tertiary alicyclic amines) is 2. The Balaban J connectivity index is 1.50. The molecule has 0 aliphatic carbocycles. The summed E-state index contributed by atoms with van der Waals surface area (Å²) in [4.78, 5) is 46.0. The summed E-state index contributed by atoms with van der Waals surface area (Å²) in [5, 5.41) is 1.14. The number of halogens is 6. The number of para-hydroxylation sites is 1. The van der Waals surface area contributed by atoms with E-state index in [4.69, 9.17) is 15.9 Å². The zero-order valence-corrected chi connectivity index (χ0v) is 30.7. The van der Waals surface area contributed by atoms with Crippen molar-refractivity contribution in [1.29, 1.82) is 0 Å². The van der Waals surface area contributed by atoms with Gasteiger partial charge in [-0.25, -0.2) is 0 Å². The van der Waals surface area contributed by atoms with Crippen molar-refractivity contribution < 1.29 is 50.2 Å². The largest absolute Gasteiger partial charge is 0.493 e. The minimum Gasteiger partial charge on any atom is -0.493 e. The van der Waals surface area contributed by atoms with Crippen molar-refractivity contribution in [2.24, 2.45) is 0 Å². The van der Waals surface area contributed by atoms with E-state index < -0.39 is 57.2 Å². The third kappa shape index (κ3) is 8.53.